The molecule has 0 aromatic heterocycles. The quantitative estimate of drug-likeness (QED) is 0.811. The van der Waals surface area contributed by atoms with Crippen LogP contribution in [-0.4, -0.2) is 41.9 Å². The van der Waals surface area contributed by atoms with Crippen molar-refractivity contribution in [1.29, 1.82) is 0 Å². The Bertz CT molecular complexity index is 351. The van der Waals surface area contributed by atoms with E-state index in [0.29, 0.717) is 6.42 Å². The van der Waals surface area contributed by atoms with Crippen LogP contribution in [0.4, 0.5) is 0 Å². The highest BCUT2D eigenvalue weighted by Crippen LogP contribution is 2.26. The van der Waals surface area contributed by atoms with Crippen molar-refractivity contribution in [2.75, 3.05) is 13.1 Å². The average Bonchev–Trinajstić information content (AvgIpc) is 2.47. The highest BCUT2D eigenvalue weighted by atomic mass is 16.2. The molecule has 1 saturated heterocycles. The van der Waals surface area contributed by atoms with Crippen LogP contribution in [0.25, 0.3) is 0 Å². The van der Waals surface area contributed by atoms with Crippen LogP contribution < -0.4 is 11.1 Å². The van der Waals surface area contributed by atoms with Gasteiger partial charge in [-0.05, 0) is 25.7 Å². The first-order valence-corrected chi connectivity index (χ1v) is 7.95. The van der Waals surface area contributed by atoms with Crippen LogP contribution in [0.1, 0.15) is 51.9 Å². The van der Waals surface area contributed by atoms with Crippen molar-refractivity contribution >= 4 is 11.8 Å². The number of nitrogens with two attached hydrogens (primary N) is 1. The molecule has 0 aromatic carbocycles. The molecular weight excluding hydrogens is 254 g/mol. The van der Waals surface area contributed by atoms with Crippen LogP contribution in [0.2, 0.25) is 0 Å². The summed E-state index contributed by atoms with van der Waals surface area (Å²) in [6.07, 6.45) is 6.42. The molecule has 0 radical (unpaired) electrons. The summed E-state index contributed by atoms with van der Waals surface area (Å²) < 4.78 is 0. The number of carbonyl (C=O) groups is 2. The number of piperidine rings is 1. The van der Waals surface area contributed by atoms with Crippen LogP contribution in [0.15, 0.2) is 0 Å². The van der Waals surface area contributed by atoms with Crippen molar-refractivity contribution in [1.82, 2.24) is 10.2 Å². The fraction of sp³-hybridized carbons (Fsp3) is 0.867. The third-order valence-electron chi connectivity index (χ3n) is 4.63. The Hall–Kier alpha value is -1.10. The van der Waals surface area contributed by atoms with Gasteiger partial charge in [-0.3, -0.25) is 9.59 Å². The van der Waals surface area contributed by atoms with Gasteiger partial charge in [-0.25, -0.2) is 0 Å². The Kier molecular flexibility index (Phi) is 5.40. The minimum absolute atomic E-state index is 0.0190. The Morgan fingerprint density at radius 1 is 1.15 bits per heavy atom. The minimum Gasteiger partial charge on any atom is -0.353 e. The number of hydrogen-bond donors (Lipinski definition) is 2. The highest BCUT2D eigenvalue weighted by Gasteiger charge is 2.33. The lowest BCUT2D eigenvalue weighted by atomic mass is 9.83. The second-order valence-corrected chi connectivity index (χ2v) is 6.08. The van der Waals surface area contributed by atoms with Gasteiger partial charge in [0.15, 0.2) is 0 Å². The summed E-state index contributed by atoms with van der Waals surface area (Å²) in [7, 11) is 0. The van der Waals surface area contributed by atoms with E-state index in [0.717, 1.165) is 51.6 Å². The van der Waals surface area contributed by atoms with E-state index in [1.54, 1.807) is 0 Å². The molecule has 5 nitrogen and oxygen atoms in total. The van der Waals surface area contributed by atoms with E-state index >= 15 is 0 Å². The zero-order valence-electron chi connectivity index (χ0n) is 12.4. The molecule has 114 valence electrons. The largest absolute Gasteiger partial charge is 0.353 e. The summed E-state index contributed by atoms with van der Waals surface area (Å²) in [6.45, 7) is 3.35. The standard InChI is InChI=1S/C15H27N3O2/c1-2-14(19)17-11-7-9-18(10-8-11)15(20)12-5-3-4-6-13(12)16/h11-13H,2-10,16H2,1H3,(H,17,19). The van der Waals surface area contributed by atoms with Crippen molar-refractivity contribution in [3.63, 3.8) is 0 Å². The van der Waals surface area contributed by atoms with Gasteiger partial charge < -0.3 is 16.0 Å². The van der Waals surface area contributed by atoms with E-state index < -0.39 is 0 Å². The van der Waals surface area contributed by atoms with Crippen molar-refractivity contribution in [3.8, 4) is 0 Å². The van der Waals surface area contributed by atoms with Crippen molar-refractivity contribution in [2.45, 2.75) is 64.0 Å². The van der Waals surface area contributed by atoms with Gasteiger partial charge in [0.1, 0.15) is 0 Å². The monoisotopic (exact) mass is 281 g/mol. The molecule has 2 fully saturated rings. The summed E-state index contributed by atoms with van der Waals surface area (Å²) in [4.78, 5) is 25.8. The lowest BCUT2D eigenvalue weighted by Gasteiger charge is -2.37. The molecule has 5 heteroatoms. The minimum atomic E-state index is 0.0190. The van der Waals surface area contributed by atoms with Gasteiger partial charge in [0, 0.05) is 31.6 Å². The van der Waals surface area contributed by atoms with Gasteiger partial charge in [-0.1, -0.05) is 19.8 Å². The van der Waals surface area contributed by atoms with Crippen molar-refractivity contribution in [3.05, 3.63) is 0 Å². The lowest BCUT2D eigenvalue weighted by Crippen LogP contribution is -2.51. The smallest absolute Gasteiger partial charge is 0.227 e. The molecule has 1 heterocycles. The first-order chi connectivity index (χ1) is 9.61. The van der Waals surface area contributed by atoms with Gasteiger partial charge in [0.25, 0.3) is 0 Å². The second-order valence-electron chi connectivity index (χ2n) is 6.08. The predicted molar refractivity (Wildman–Crippen MR) is 78.0 cm³/mol. The van der Waals surface area contributed by atoms with Crippen LogP contribution in [0, 0.1) is 5.92 Å². The molecule has 2 atom stereocenters. The molecule has 0 aromatic rings. The number of amides is 2. The van der Waals surface area contributed by atoms with E-state index in [4.69, 9.17) is 5.73 Å². The molecule has 2 aliphatic rings. The van der Waals surface area contributed by atoms with Crippen molar-refractivity contribution < 1.29 is 9.59 Å². The molecule has 0 bridgehead atoms. The van der Waals surface area contributed by atoms with Crippen molar-refractivity contribution in [2.24, 2.45) is 11.7 Å². The van der Waals surface area contributed by atoms with Crippen LogP contribution >= 0.6 is 0 Å². The lowest BCUT2D eigenvalue weighted by molar-refractivity contribution is -0.138. The summed E-state index contributed by atoms with van der Waals surface area (Å²) in [5.74, 6) is 0.354. The Balaban J connectivity index is 1.80. The normalized spacial score (nSPS) is 28.2. The Labute approximate surface area is 121 Å². The summed E-state index contributed by atoms with van der Waals surface area (Å²) in [5, 5.41) is 3.01. The second kappa shape index (κ2) is 7.07. The van der Waals surface area contributed by atoms with Gasteiger partial charge in [-0.15, -0.1) is 0 Å². The number of carbonyl (C=O) groups excluding carboxylic acids is 2. The predicted octanol–water partition coefficient (Wildman–Crippen LogP) is 1.02. The SMILES string of the molecule is CCC(=O)NC1CCN(C(=O)C2CCCCC2N)CC1. The van der Waals surface area contributed by atoms with Crippen LogP contribution in [0.5, 0.6) is 0 Å². The molecule has 1 saturated carbocycles. The number of rotatable bonds is 3. The zero-order chi connectivity index (χ0) is 14.5. The molecular formula is C15H27N3O2. The van der Waals surface area contributed by atoms with Gasteiger partial charge in [-0.2, -0.15) is 0 Å². The molecule has 2 amide bonds. The third kappa shape index (κ3) is 3.72. The summed E-state index contributed by atoms with van der Waals surface area (Å²) in [6, 6.07) is 0.264. The van der Waals surface area contributed by atoms with E-state index in [-0.39, 0.29) is 29.8 Å². The Morgan fingerprint density at radius 3 is 2.40 bits per heavy atom. The number of nitrogens with zero attached hydrogens (tertiary/aromatic N) is 1. The highest BCUT2D eigenvalue weighted by molar-refractivity contribution is 5.80. The van der Waals surface area contributed by atoms with Gasteiger partial charge in [0.05, 0.1) is 5.92 Å². The van der Waals surface area contributed by atoms with Crippen LogP contribution in [-0.2, 0) is 9.59 Å². The first-order valence-electron chi connectivity index (χ1n) is 7.95. The van der Waals surface area contributed by atoms with E-state index in [2.05, 4.69) is 5.32 Å². The molecule has 2 unspecified atom stereocenters. The topological polar surface area (TPSA) is 75.4 Å². The molecule has 2 rings (SSSR count). The fourth-order valence-corrected chi connectivity index (χ4v) is 3.27. The van der Waals surface area contributed by atoms with E-state index in [1.807, 2.05) is 11.8 Å². The van der Waals surface area contributed by atoms with E-state index in [1.165, 1.54) is 0 Å². The van der Waals surface area contributed by atoms with Gasteiger partial charge >= 0.3 is 0 Å². The van der Waals surface area contributed by atoms with Gasteiger partial charge in [0.2, 0.25) is 11.8 Å². The molecule has 1 aliphatic heterocycles. The molecule has 0 spiro atoms. The fourth-order valence-electron chi connectivity index (χ4n) is 3.27. The average molecular weight is 281 g/mol. The summed E-state index contributed by atoms with van der Waals surface area (Å²) >= 11 is 0. The zero-order valence-corrected chi connectivity index (χ0v) is 12.4. The number of likely N-dealkylation sites (tertiary alicyclic amines) is 1. The Morgan fingerprint density at radius 2 is 1.80 bits per heavy atom. The molecule has 20 heavy (non-hydrogen) atoms. The maximum absolute atomic E-state index is 12.5. The number of hydrogen-bond acceptors (Lipinski definition) is 3. The third-order valence-corrected chi connectivity index (χ3v) is 4.63. The molecule has 3 N–H and O–H groups in total. The maximum Gasteiger partial charge on any atom is 0.227 e. The maximum atomic E-state index is 12.5. The van der Waals surface area contributed by atoms with E-state index in [9.17, 15) is 9.59 Å². The first kappa shape index (κ1) is 15.3. The van der Waals surface area contributed by atoms with Crippen LogP contribution in [0.3, 0.4) is 0 Å². The number of nitrogens with one attached hydrogen (secondary N) is 1. The summed E-state index contributed by atoms with van der Waals surface area (Å²) in [5.41, 5.74) is 6.09. The molecule has 1 aliphatic carbocycles.